The van der Waals surface area contributed by atoms with Crippen LogP contribution in [-0.4, -0.2) is 24.1 Å². The van der Waals surface area contributed by atoms with Crippen molar-refractivity contribution in [2.75, 3.05) is 7.11 Å². The normalized spacial score (nSPS) is 12.5. The average Bonchev–Trinajstić information content (AvgIpc) is 2.34. The number of aromatic nitrogens is 1. The SMILES string of the molecule is COC(=O)C(CC(C)C)NCc1ccccn1. The van der Waals surface area contributed by atoms with Crippen molar-refractivity contribution >= 4 is 5.97 Å². The van der Waals surface area contributed by atoms with Crippen molar-refractivity contribution in [1.29, 1.82) is 0 Å². The number of hydrogen-bond donors (Lipinski definition) is 1. The van der Waals surface area contributed by atoms with Crippen LogP contribution in [0.3, 0.4) is 0 Å². The van der Waals surface area contributed by atoms with Gasteiger partial charge in [0.15, 0.2) is 0 Å². The van der Waals surface area contributed by atoms with Crippen molar-refractivity contribution in [2.45, 2.75) is 32.9 Å². The molecular formula is C13H20N2O2. The smallest absolute Gasteiger partial charge is 0.322 e. The fourth-order valence-corrected chi connectivity index (χ4v) is 1.61. The first-order chi connectivity index (χ1) is 8.13. The minimum absolute atomic E-state index is 0.213. The molecule has 0 saturated heterocycles. The van der Waals surface area contributed by atoms with E-state index in [1.807, 2.05) is 18.2 Å². The molecule has 0 radical (unpaired) electrons. The van der Waals surface area contributed by atoms with Crippen LogP contribution < -0.4 is 5.32 Å². The summed E-state index contributed by atoms with van der Waals surface area (Å²) in [5.41, 5.74) is 0.921. The van der Waals surface area contributed by atoms with Crippen molar-refractivity contribution in [1.82, 2.24) is 10.3 Å². The Bertz CT molecular complexity index is 339. The average molecular weight is 236 g/mol. The van der Waals surface area contributed by atoms with Gasteiger partial charge in [-0.2, -0.15) is 0 Å². The Hall–Kier alpha value is -1.42. The van der Waals surface area contributed by atoms with Crippen LogP contribution in [0.25, 0.3) is 0 Å². The summed E-state index contributed by atoms with van der Waals surface area (Å²) in [6.07, 6.45) is 2.51. The van der Waals surface area contributed by atoms with Gasteiger partial charge in [-0.3, -0.25) is 15.1 Å². The standard InChI is InChI=1S/C13H20N2O2/c1-10(2)8-12(13(16)17-3)15-9-11-6-4-5-7-14-11/h4-7,10,12,15H,8-9H2,1-3H3. The minimum Gasteiger partial charge on any atom is -0.468 e. The minimum atomic E-state index is -0.262. The second-order valence-electron chi connectivity index (χ2n) is 4.41. The number of nitrogens with zero attached hydrogens (tertiary/aromatic N) is 1. The summed E-state index contributed by atoms with van der Waals surface area (Å²) in [4.78, 5) is 15.8. The van der Waals surface area contributed by atoms with Gasteiger partial charge in [-0.05, 0) is 24.5 Å². The molecule has 0 aliphatic rings. The predicted molar refractivity (Wildman–Crippen MR) is 66.3 cm³/mol. The van der Waals surface area contributed by atoms with E-state index in [1.165, 1.54) is 7.11 Å². The van der Waals surface area contributed by atoms with Gasteiger partial charge in [0, 0.05) is 12.7 Å². The van der Waals surface area contributed by atoms with Gasteiger partial charge < -0.3 is 4.74 Å². The van der Waals surface area contributed by atoms with Crippen LogP contribution in [0.5, 0.6) is 0 Å². The molecule has 4 heteroatoms. The second-order valence-corrected chi connectivity index (χ2v) is 4.41. The molecular weight excluding hydrogens is 216 g/mol. The molecule has 1 aromatic heterocycles. The van der Waals surface area contributed by atoms with E-state index in [1.54, 1.807) is 6.20 Å². The summed E-state index contributed by atoms with van der Waals surface area (Å²) in [5, 5.41) is 3.18. The van der Waals surface area contributed by atoms with Crippen LogP contribution in [0.1, 0.15) is 26.0 Å². The Morgan fingerprint density at radius 3 is 2.76 bits per heavy atom. The Balaban J connectivity index is 2.52. The molecule has 1 N–H and O–H groups in total. The maximum Gasteiger partial charge on any atom is 0.322 e. The third-order valence-electron chi connectivity index (χ3n) is 2.45. The lowest BCUT2D eigenvalue weighted by Gasteiger charge is -2.17. The first-order valence-corrected chi connectivity index (χ1v) is 5.84. The summed E-state index contributed by atoms with van der Waals surface area (Å²) in [5.74, 6) is 0.227. The van der Waals surface area contributed by atoms with Crippen LogP contribution in [-0.2, 0) is 16.1 Å². The fourth-order valence-electron chi connectivity index (χ4n) is 1.61. The van der Waals surface area contributed by atoms with Gasteiger partial charge in [-0.25, -0.2) is 0 Å². The van der Waals surface area contributed by atoms with Crippen molar-refractivity contribution in [3.8, 4) is 0 Å². The molecule has 0 fully saturated rings. The molecule has 0 aromatic carbocycles. The largest absolute Gasteiger partial charge is 0.468 e. The topological polar surface area (TPSA) is 51.2 Å². The molecule has 94 valence electrons. The number of nitrogens with one attached hydrogen (secondary N) is 1. The summed E-state index contributed by atoms with van der Waals surface area (Å²) < 4.78 is 4.78. The van der Waals surface area contributed by atoms with Gasteiger partial charge in [-0.1, -0.05) is 19.9 Å². The number of rotatable bonds is 6. The van der Waals surface area contributed by atoms with Gasteiger partial charge >= 0.3 is 5.97 Å². The molecule has 1 rings (SSSR count). The number of esters is 1. The van der Waals surface area contributed by atoms with Crippen LogP contribution in [0, 0.1) is 5.92 Å². The lowest BCUT2D eigenvalue weighted by molar-refractivity contribution is -0.143. The van der Waals surface area contributed by atoms with E-state index in [0.717, 1.165) is 12.1 Å². The molecule has 1 aromatic rings. The summed E-state index contributed by atoms with van der Waals surface area (Å²) >= 11 is 0. The van der Waals surface area contributed by atoms with Crippen molar-refractivity contribution in [3.63, 3.8) is 0 Å². The van der Waals surface area contributed by atoms with E-state index < -0.39 is 0 Å². The van der Waals surface area contributed by atoms with Gasteiger partial charge in [0.25, 0.3) is 0 Å². The number of hydrogen-bond acceptors (Lipinski definition) is 4. The van der Waals surface area contributed by atoms with Crippen LogP contribution in [0.4, 0.5) is 0 Å². The maximum absolute atomic E-state index is 11.6. The maximum atomic E-state index is 11.6. The molecule has 1 heterocycles. The van der Waals surface area contributed by atoms with E-state index in [4.69, 9.17) is 4.74 Å². The molecule has 1 unspecified atom stereocenters. The van der Waals surface area contributed by atoms with Crippen molar-refractivity contribution in [2.24, 2.45) is 5.92 Å². The van der Waals surface area contributed by atoms with Crippen molar-refractivity contribution in [3.05, 3.63) is 30.1 Å². The summed E-state index contributed by atoms with van der Waals surface area (Å²) in [7, 11) is 1.41. The number of methoxy groups -OCH3 is 1. The predicted octanol–water partition coefficient (Wildman–Crippen LogP) is 1.76. The first kappa shape index (κ1) is 13.6. The molecule has 0 aliphatic carbocycles. The number of carbonyl (C=O) groups excluding carboxylic acids is 1. The molecule has 0 amide bonds. The molecule has 4 nitrogen and oxygen atoms in total. The van der Waals surface area contributed by atoms with E-state index in [2.05, 4.69) is 24.1 Å². The Labute approximate surface area is 102 Å². The Morgan fingerprint density at radius 2 is 2.24 bits per heavy atom. The highest BCUT2D eigenvalue weighted by Gasteiger charge is 2.19. The zero-order valence-corrected chi connectivity index (χ0v) is 10.6. The van der Waals surface area contributed by atoms with Gasteiger partial charge in [-0.15, -0.1) is 0 Å². The van der Waals surface area contributed by atoms with E-state index >= 15 is 0 Å². The zero-order valence-electron chi connectivity index (χ0n) is 10.6. The molecule has 0 saturated carbocycles. The van der Waals surface area contributed by atoms with Gasteiger partial charge in [0.05, 0.1) is 12.8 Å². The number of pyridine rings is 1. The second kappa shape index (κ2) is 7.01. The van der Waals surface area contributed by atoms with Crippen LogP contribution in [0.2, 0.25) is 0 Å². The van der Waals surface area contributed by atoms with Gasteiger partial charge in [0.2, 0.25) is 0 Å². The molecule has 17 heavy (non-hydrogen) atoms. The number of carbonyl (C=O) groups is 1. The van der Waals surface area contributed by atoms with Crippen LogP contribution >= 0.6 is 0 Å². The van der Waals surface area contributed by atoms with E-state index in [0.29, 0.717) is 12.5 Å². The Morgan fingerprint density at radius 1 is 1.47 bits per heavy atom. The zero-order chi connectivity index (χ0) is 12.7. The first-order valence-electron chi connectivity index (χ1n) is 5.84. The quantitative estimate of drug-likeness (QED) is 0.765. The monoisotopic (exact) mass is 236 g/mol. The molecule has 0 aliphatic heterocycles. The highest BCUT2D eigenvalue weighted by molar-refractivity contribution is 5.75. The lowest BCUT2D eigenvalue weighted by Crippen LogP contribution is -2.38. The lowest BCUT2D eigenvalue weighted by atomic mass is 10.0. The van der Waals surface area contributed by atoms with E-state index in [-0.39, 0.29) is 12.0 Å². The van der Waals surface area contributed by atoms with E-state index in [9.17, 15) is 4.79 Å². The third kappa shape index (κ3) is 4.95. The highest BCUT2D eigenvalue weighted by atomic mass is 16.5. The summed E-state index contributed by atoms with van der Waals surface area (Å²) in [6, 6.07) is 5.47. The molecule has 0 bridgehead atoms. The molecule has 0 spiro atoms. The van der Waals surface area contributed by atoms with Gasteiger partial charge in [0.1, 0.15) is 6.04 Å². The number of ether oxygens (including phenoxy) is 1. The molecule has 1 atom stereocenters. The van der Waals surface area contributed by atoms with Crippen molar-refractivity contribution < 1.29 is 9.53 Å². The van der Waals surface area contributed by atoms with Crippen LogP contribution in [0.15, 0.2) is 24.4 Å². The fraction of sp³-hybridized carbons (Fsp3) is 0.538. The summed E-state index contributed by atoms with van der Waals surface area (Å²) in [6.45, 7) is 4.74. The third-order valence-corrected chi connectivity index (χ3v) is 2.45. The Kier molecular flexibility index (Phi) is 5.63. The highest BCUT2D eigenvalue weighted by Crippen LogP contribution is 2.07.